The third-order valence-corrected chi connectivity index (χ3v) is 2.48. The van der Waals surface area contributed by atoms with Crippen molar-refractivity contribution in [3.63, 3.8) is 0 Å². The molecule has 0 aliphatic rings. The first-order chi connectivity index (χ1) is 4.12. The molecule has 1 unspecified atom stereocenters. The number of unbranched alkanes of at least 4 members (excludes halogenated alkanes) is 1. The molecule has 0 aliphatic carbocycles. The van der Waals surface area contributed by atoms with Crippen LogP contribution in [0.15, 0.2) is 0 Å². The molecular formula is C5H12NaO3P. The Bertz CT molecular complexity index is 117. The van der Waals surface area contributed by atoms with Crippen molar-refractivity contribution in [3.8, 4) is 0 Å². The molecule has 1 atom stereocenters. The summed E-state index contributed by atoms with van der Waals surface area (Å²) in [4.78, 5) is 10.6. The monoisotopic (exact) mass is 174 g/mol. The van der Waals surface area contributed by atoms with E-state index in [2.05, 4.69) is 4.52 Å². The van der Waals surface area contributed by atoms with Crippen molar-refractivity contribution in [3.05, 3.63) is 0 Å². The quantitative estimate of drug-likeness (QED) is 0.365. The van der Waals surface area contributed by atoms with Crippen LogP contribution in [0.5, 0.6) is 0 Å². The van der Waals surface area contributed by atoms with Crippen LogP contribution in [-0.2, 0) is 9.09 Å². The van der Waals surface area contributed by atoms with E-state index in [4.69, 9.17) is 0 Å². The van der Waals surface area contributed by atoms with E-state index in [1.807, 2.05) is 6.92 Å². The van der Waals surface area contributed by atoms with Gasteiger partial charge in [-0.05, 0) is 6.42 Å². The van der Waals surface area contributed by atoms with Crippen LogP contribution in [0.1, 0.15) is 19.8 Å². The fourth-order valence-electron chi connectivity index (χ4n) is 0.443. The number of hydrogen-bond acceptors (Lipinski definition) is 3. The molecule has 0 heterocycles. The SMILES string of the molecule is CCCCP(=O)([O-])OC.[Na+]. The fourth-order valence-corrected chi connectivity index (χ4v) is 1.33. The van der Waals surface area contributed by atoms with E-state index in [1.165, 1.54) is 7.11 Å². The summed E-state index contributed by atoms with van der Waals surface area (Å²) in [5, 5.41) is 0. The third-order valence-electron chi connectivity index (χ3n) is 1.06. The zero-order chi connectivity index (χ0) is 7.33. The van der Waals surface area contributed by atoms with E-state index < -0.39 is 7.60 Å². The Kier molecular flexibility index (Phi) is 9.38. The molecule has 0 radical (unpaired) electrons. The Hall–Kier alpha value is 1.15. The molecule has 0 fully saturated rings. The summed E-state index contributed by atoms with van der Waals surface area (Å²) in [6.07, 6.45) is 1.74. The molecule has 5 heteroatoms. The predicted octanol–water partition coefficient (Wildman–Crippen LogP) is -2.01. The van der Waals surface area contributed by atoms with Gasteiger partial charge < -0.3 is 14.0 Å². The average molecular weight is 174 g/mol. The Morgan fingerprint density at radius 3 is 2.40 bits per heavy atom. The van der Waals surface area contributed by atoms with E-state index in [9.17, 15) is 9.46 Å². The minimum Gasteiger partial charge on any atom is -0.779 e. The molecule has 0 amide bonds. The minimum atomic E-state index is -3.44. The van der Waals surface area contributed by atoms with Crippen molar-refractivity contribution in [2.45, 2.75) is 19.8 Å². The standard InChI is InChI=1S/C5H13O3P.Na/c1-3-4-5-9(6,7)8-2;/h3-5H2,1-2H3,(H,6,7);/q;+1/p-1. The maximum atomic E-state index is 10.6. The average Bonchev–Trinajstić information content (AvgIpc) is 1.84. The van der Waals surface area contributed by atoms with Gasteiger partial charge in [-0.2, -0.15) is 0 Å². The normalized spacial score (nSPS) is 15.5. The first-order valence-electron chi connectivity index (χ1n) is 2.98. The van der Waals surface area contributed by atoms with E-state index in [1.54, 1.807) is 0 Å². The summed E-state index contributed by atoms with van der Waals surface area (Å²) in [5.74, 6) is 0. The van der Waals surface area contributed by atoms with Crippen LogP contribution in [0.4, 0.5) is 0 Å². The predicted molar refractivity (Wildman–Crippen MR) is 34.4 cm³/mol. The van der Waals surface area contributed by atoms with Gasteiger partial charge in [0.1, 0.15) is 7.60 Å². The zero-order valence-corrected chi connectivity index (χ0v) is 9.69. The van der Waals surface area contributed by atoms with Crippen molar-refractivity contribution >= 4 is 7.60 Å². The Balaban J connectivity index is 0. The van der Waals surface area contributed by atoms with Crippen LogP contribution in [0.25, 0.3) is 0 Å². The topological polar surface area (TPSA) is 49.4 Å². The van der Waals surface area contributed by atoms with E-state index in [-0.39, 0.29) is 35.7 Å². The first kappa shape index (κ1) is 13.7. The Labute approximate surface area is 84.0 Å². The maximum Gasteiger partial charge on any atom is 1.00 e. The molecular weight excluding hydrogens is 162 g/mol. The van der Waals surface area contributed by atoms with Gasteiger partial charge in [0, 0.05) is 13.3 Å². The first-order valence-corrected chi connectivity index (χ1v) is 4.71. The minimum absolute atomic E-state index is 0. The third kappa shape index (κ3) is 7.26. The van der Waals surface area contributed by atoms with Crippen molar-refractivity contribution in [1.29, 1.82) is 0 Å². The van der Waals surface area contributed by atoms with Crippen molar-refractivity contribution < 1.29 is 43.5 Å². The molecule has 56 valence electrons. The van der Waals surface area contributed by atoms with E-state index in [0.29, 0.717) is 6.42 Å². The smallest absolute Gasteiger partial charge is 0.779 e. The molecule has 0 aliphatic heterocycles. The molecule has 10 heavy (non-hydrogen) atoms. The van der Waals surface area contributed by atoms with Crippen molar-refractivity contribution in [1.82, 2.24) is 0 Å². The molecule has 3 nitrogen and oxygen atoms in total. The number of hydrogen-bond donors (Lipinski definition) is 0. The van der Waals surface area contributed by atoms with Crippen LogP contribution < -0.4 is 34.5 Å². The molecule has 0 aromatic heterocycles. The Morgan fingerprint density at radius 1 is 1.60 bits per heavy atom. The zero-order valence-electron chi connectivity index (χ0n) is 6.79. The van der Waals surface area contributed by atoms with Gasteiger partial charge in [-0.1, -0.05) is 13.3 Å². The summed E-state index contributed by atoms with van der Waals surface area (Å²) < 4.78 is 14.8. The van der Waals surface area contributed by atoms with Crippen LogP contribution in [0, 0.1) is 0 Å². The molecule has 0 saturated heterocycles. The summed E-state index contributed by atoms with van der Waals surface area (Å²) in [6.45, 7) is 1.94. The molecule has 0 aromatic rings. The second-order valence-electron chi connectivity index (χ2n) is 1.87. The summed E-state index contributed by atoms with van der Waals surface area (Å²) in [6, 6.07) is 0. The van der Waals surface area contributed by atoms with Gasteiger partial charge in [0.2, 0.25) is 0 Å². The molecule has 0 N–H and O–H groups in total. The van der Waals surface area contributed by atoms with Crippen molar-refractivity contribution in [2.24, 2.45) is 0 Å². The van der Waals surface area contributed by atoms with Gasteiger partial charge in [-0.3, -0.25) is 0 Å². The molecule has 0 rings (SSSR count). The molecule has 0 saturated carbocycles. The van der Waals surface area contributed by atoms with Crippen molar-refractivity contribution in [2.75, 3.05) is 13.3 Å². The van der Waals surface area contributed by atoms with Gasteiger partial charge in [0.25, 0.3) is 0 Å². The van der Waals surface area contributed by atoms with Crippen LogP contribution in [0.2, 0.25) is 0 Å². The molecule has 0 aromatic carbocycles. The van der Waals surface area contributed by atoms with Crippen LogP contribution >= 0.6 is 7.60 Å². The summed E-state index contributed by atoms with van der Waals surface area (Å²) >= 11 is 0. The maximum absolute atomic E-state index is 10.6. The second kappa shape index (κ2) is 6.84. The van der Waals surface area contributed by atoms with Crippen LogP contribution in [-0.4, -0.2) is 13.3 Å². The molecule has 0 spiro atoms. The summed E-state index contributed by atoms with van der Waals surface area (Å²) in [7, 11) is -2.24. The van der Waals surface area contributed by atoms with Crippen LogP contribution in [0.3, 0.4) is 0 Å². The Morgan fingerprint density at radius 2 is 2.10 bits per heavy atom. The van der Waals surface area contributed by atoms with Gasteiger partial charge in [-0.15, -0.1) is 0 Å². The van der Waals surface area contributed by atoms with E-state index >= 15 is 0 Å². The van der Waals surface area contributed by atoms with Gasteiger partial charge >= 0.3 is 29.6 Å². The second-order valence-corrected chi connectivity index (χ2v) is 3.90. The van der Waals surface area contributed by atoms with Gasteiger partial charge in [0.05, 0.1) is 0 Å². The summed E-state index contributed by atoms with van der Waals surface area (Å²) in [5.41, 5.74) is 0. The largest absolute Gasteiger partial charge is 1.00 e. The number of rotatable bonds is 4. The van der Waals surface area contributed by atoms with Gasteiger partial charge in [-0.25, -0.2) is 0 Å². The molecule has 0 bridgehead atoms. The van der Waals surface area contributed by atoms with E-state index in [0.717, 1.165) is 6.42 Å². The fraction of sp³-hybridized carbons (Fsp3) is 1.00. The van der Waals surface area contributed by atoms with Gasteiger partial charge in [0.15, 0.2) is 0 Å².